The number of amides is 1. The Kier molecular flexibility index (Phi) is 8.06. The first-order valence-electron chi connectivity index (χ1n) is 11.8. The van der Waals surface area contributed by atoms with E-state index in [9.17, 15) is 4.79 Å². The second kappa shape index (κ2) is 11.6. The number of benzene rings is 3. The van der Waals surface area contributed by atoms with Crippen molar-refractivity contribution in [3.8, 4) is 17.2 Å². The number of thioether (sulfide) groups is 1. The molecule has 2 heterocycles. The van der Waals surface area contributed by atoms with E-state index in [1.54, 1.807) is 24.3 Å². The van der Waals surface area contributed by atoms with Crippen molar-refractivity contribution in [2.75, 3.05) is 20.3 Å². The average Bonchev–Trinajstić information content (AvgIpc) is 3.34. The number of nitrogens with zero attached hydrogens (tertiary/aromatic N) is 3. The normalized spacial score (nSPS) is 15.7. The molecule has 0 saturated carbocycles. The molecule has 0 spiro atoms. The lowest BCUT2D eigenvalue weighted by molar-refractivity contribution is -0.114. The van der Waals surface area contributed by atoms with E-state index in [1.807, 2.05) is 49.4 Å². The monoisotopic (exact) mass is 624 g/mol. The van der Waals surface area contributed by atoms with Gasteiger partial charge in [-0.3, -0.25) is 10.2 Å². The van der Waals surface area contributed by atoms with Crippen LogP contribution < -0.4 is 14.2 Å². The quantitative estimate of drug-likeness (QED) is 0.225. The largest absolute Gasteiger partial charge is 0.493 e. The molecule has 0 aliphatic carbocycles. The number of carbonyl (C=O) groups is 1. The highest BCUT2D eigenvalue weighted by Crippen LogP contribution is 2.38. The maximum Gasteiger partial charge on any atom is 0.283 e. The minimum atomic E-state index is -0.530. The summed E-state index contributed by atoms with van der Waals surface area (Å²) in [5.74, 6) is 1.12. The number of hydrazone groups is 1. The number of halogens is 2. The van der Waals surface area contributed by atoms with Crippen molar-refractivity contribution in [2.45, 2.75) is 6.92 Å². The molecule has 1 N–H and O–H groups in total. The number of nitrogens with one attached hydrogen (secondary N) is 1. The highest BCUT2D eigenvalue weighted by Gasteiger charge is 2.36. The Bertz CT molecular complexity index is 1560. The van der Waals surface area contributed by atoms with Gasteiger partial charge < -0.3 is 14.2 Å². The van der Waals surface area contributed by atoms with Crippen molar-refractivity contribution < 1.29 is 19.0 Å². The Balaban J connectivity index is 1.33. The molecule has 0 atom stereocenters. The average molecular weight is 626 g/mol. The summed E-state index contributed by atoms with van der Waals surface area (Å²) in [5, 5.41) is 15.9. The second-order valence-corrected chi connectivity index (χ2v) is 10.7. The van der Waals surface area contributed by atoms with Gasteiger partial charge in [-0.15, -0.1) is 0 Å². The standard InChI is InChI=1S/C28H22BrClN4O4S/c1-16-7-9-18(10-8-16)37-11-12-38-24-21(29)14-17(15-23(24)36-2)13-20-25(31)34-28(32-26(20)35)39-27(33-34)19-5-3-4-6-22(19)30/h3-10,13-15,31H,11-12H2,1-2H3/b20-13-,31-25?. The molecule has 11 heteroatoms. The number of fused-ring (bicyclic) bond motifs is 1. The van der Waals surface area contributed by atoms with Crippen LogP contribution in [0.25, 0.3) is 6.08 Å². The fourth-order valence-electron chi connectivity index (χ4n) is 3.80. The Labute approximate surface area is 242 Å². The van der Waals surface area contributed by atoms with Gasteiger partial charge in [0, 0.05) is 5.56 Å². The van der Waals surface area contributed by atoms with Crippen LogP contribution in [0.4, 0.5) is 0 Å². The van der Waals surface area contributed by atoms with Gasteiger partial charge in [0.25, 0.3) is 5.91 Å². The van der Waals surface area contributed by atoms with Crippen LogP contribution >= 0.6 is 39.3 Å². The molecule has 3 aromatic carbocycles. The molecule has 8 nitrogen and oxygen atoms in total. The fraction of sp³-hybridized carbons (Fsp3) is 0.143. The van der Waals surface area contributed by atoms with Crippen molar-refractivity contribution in [1.29, 1.82) is 5.41 Å². The molecule has 0 aromatic heterocycles. The van der Waals surface area contributed by atoms with Gasteiger partial charge in [-0.25, -0.2) is 0 Å². The molecule has 2 aliphatic heterocycles. The Morgan fingerprint density at radius 2 is 1.85 bits per heavy atom. The summed E-state index contributed by atoms with van der Waals surface area (Å²) in [6.07, 6.45) is 1.58. The van der Waals surface area contributed by atoms with Crippen LogP contribution in [0.1, 0.15) is 16.7 Å². The zero-order chi connectivity index (χ0) is 27.5. The first kappa shape index (κ1) is 27.0. The first-order chi connectivity index (χ1) is 18.8. The molecule has 0 fully saturated rings. The van der Waals surface area contributed by atoms with Crippen molar-refractivity contribution in [3.05, 3.63) is 92.4 Å². The minimum Gasteiger partial charge on any atom is -0.493 e. The maximum atomic E-state index is 12.9. The van der Waals surface area contributed by atoms with Crippen LogP contribution in [0.2, 0.25) is 5.02 Å². The van der Waals surface area contributed by atoms with E-state index in [0.29, 0.717) is 55.5 Å². The lowest BCUT2D eigenvalue weighted by Crippen LogP contribution is -2.35. The van der Waals surface area contributed by atoms with Crippen LogP contribution in [-0.2, 0) is 4.79 Å². The van der Waals surface area contributed by atoms with E-state index in [-0.39, 0.29) is 11.4 Å². The van der Waals surface area contributed by atoms with Crippen LogP contribution in [0, 0.1) is 12.3 Å². The van der Waals surface area contributed by atoms with E-state index in [0.717, 1.165) is 11.3 Å². The van der Waals surface area contributed by atoms with Gasteiger partial charge in [-0.1, -0.05) is 47.5 Å². The molecule has 0 unspecified atom stereocenters. The van der Waals surface area contributed by atoms with Crippen LogP contribution in [0.5, 0.6) is 17.2 Å². The number of methoxy groups -OCH3 is 1. The maximum absolute atomic E-state index is 12.9. The number of hydrogen-bond acceptors (Lipinski definition) is 7. The zero-order valence-electron chi connectivity index (χ0n) is 20.9. The van der Waals surface area contributed by atoms with Gasteiger partial charge in [0.2, 0.25) is 5.17 Å². The van der Waals surface area contributed by atoms with Gasteiger partial charge in [0.1, 0.15) is 24.0 Å². The zero-order valence-corrected chi connectivity index (χ0v) is 24.1. The third kappa shape index (κ3) is 5.88. The molecule has 198 valence electrons. The minimum absolute atomic E-state index is 0.0803. The Hall–Kier alpha value is -3.60. The van der Waals surface area contributed by atoms with Gasteiger partial charge in [0.05, 0.1) is 22.2 Å². The molecular weight excluding hydrogens is 604 g/mol. The molecule has 39 heavy (non-hydrogen) atoms. The number of amidine groups is 2. The number of aryl methyl sites for hydroxylation is 1. The molecular formula is C28H22BrClN4O4S. The molecule has 0 saturated heterocycles. The molecule has 1 amide bonds. The number of ether oxygens (including phenoxy) is 3. The summed E-state index contributed by atoms with van der Waals surface area (Å²) in [4.78, 5) is 17.0. The number of aliphatic imine (C=N–C) groups is 1. The van der Waals surface area contributed by atoms with Gasteiger partial charge in [0.15, 0.2) is 17.3 Å². The molecule has 3 aromatic rings. The SMILES string of the molecule is COc1cc(/C=C2/C(=N)N3N=C(c4ccccc4Cl)SC3=NC2=O)cc(Br)c1OCCOc1ccc(C)cc1. The van der Waals surface area contributed by atoms with Crippen molar-refractivity contribution in [3.63, 3.8) is 0 Å². The third-order valence-electron chi connectivity index (χ3n) is 5.74. The van der Waals surface area contributed by atoms with Crippen molar-refractivity contribution >= 4 is 67.3 Å². The lowest BCUT2D eigenvalue weighted by Gasteiger charge is -2.20. The Morgan fingerprint density at radius 3 is 2.59 bits per heavy atom. The summed E-state index contributed by atoms with van der Waals surface area (Å²) in [5.41, 5.74) is 2.59. The number of carbonyl (C=O) groups excluding carboxylic acids is 1. The van der Waals surface area contributed by atoms with Crippen LogP contribution in [0.15, 0.2) is 80.8 Å². The summed E-state index contributed by atoms with van der Waals surface area (Å²) in [7, 11) is 1.53. The smallest absolute Gasteiger partial charge is 0.283 e. The number of rotatable bonds is 8. The van der Waals surface area contributed by atoms with E-state index in [1.165, 1.54) is 23.9 Å². The first-order valence-corrected chi connectivity index (χ1v) is 13.8. The predicted molar refractivity (Wildman–Crippen MR) is 158 cm³/mol. The summed E-state index contributed by atoms with van der Waals surface area (Å²) >= 11 is 11.0. The van der Waals surface area contributed by atoms with Gasteiger partial charge in [-0.05, 0) is 76.6 Å². The van der Waals surface area contributed by atoms with Gasteiger partial charge >= 0.3 is 0 Å². The molecule has 0 radical (unpaired) electrons. The highest BCUT2D eigenvalue weighted by atomic mass is 79.9. The van der Waals surface area contributed by atoms with Crippen LogP contribution in [-0.4, -0.2) is 47.3 Å². The topological polar surface area (TPSA) is 96.6 Å². The molecule has 5 rings (SSSR count). The van der Waals surface area contributed by atoms with Crippen molar-refractivity contribution in [2.24, 2.45) is 10.1 Å². The van der Waals surface area contributed by atoms with E-state index in [4.69, 9.17) is 31.2 Å². The third-order valence-corrected chi connectivity index (χ3v) is 7.60. The highest BCUT2D eigenvalue weighted by molar-refractivity contribution is 9.10. The lowest BCUT2D eigenvalue weighted by atomic mass is 10.1. The van der Waals surface area contributed by atoms with Crippen molar-refractivity contribution in [1.82, 2.24) is 5.01 Å². The summed E-state index contributed by atoms with van der Waals surface area (Å²) < 4.78 is 17.8. The van der Waals surface area contributed by atoms with E-state index >= 15 is 0 Å². The predicted octanol–water partition coefficient (Wildman–Crippen LogP) is 6.54. The summed E-state index contributed by atoms with van der Waals surface area (Å²) in [6.45, 7) is 2.66. The number of hydrogen-bond donors (Lipinski definition) is 1. The fourth-order valence-corrected chi connectivity index (χ4v) is 5.59. The van der Waals surface area contributed by atoms with E-state index in [2.05, 4.69) is 26.0 Å². The summed E-state index contributed by atoms with van der Waals surface area (Å²) in [6, 6.07) is 18.6. The second-order valence-electron chi connectivity index (χ2n) is 8.45. The van der Waals surface area contributed by atoms with E-state index < -0.39 is 5.91 Å². The molecule has 0 bridgehead atoms. The molecule has 2 aliphatic rings. The van der Waals surface area contributed by atoms with Crippen LogP contribution in [0.3, 0.4) is 0 Å². The van der Waals surface area contributed by atoms with Gasteiger partial charge in [-0.2, -0.15) is 15.1 Å². The Morgan fingerprint density at radius 1 is 1.10 bits per heavy atom.